The molecule has 2 aliphatic carbocycles. The summed E-state index contributed by atoms with van der Waals surface area (Å²) in [6.07, 6.45) is 6.60. The minimum absolute atomic E-state index is 0.226. The Morgan fingerprint density at radius 3 is 2.50 bits per heavy atom. The molecule has 0 spiro atoms. The van der Waals surface area contributed by atoms with Crippen LogP contribution >= 0.6 is 0 Å². The predicted octanol–water partition coefficient (Wildman–Crippen LogP) is 2.56. The molecule has 0 heterocycles. The lowest BCUT2D eigenvalue weighted by Crippen LogP contribution is -2.51. The number of rotatable bonds is 2. The van der Waals surface area contributed by atoms with Crippen LogP contribution < -0.4 is 5.32 Å². The summed E-state index contributed by atoms with van der Waals surface area (Å²) in [6.45, 7) is 7.16. The summed E-state index contributed by atoms with van der Waals surface area (Å²) in [5, 5.41) is 13.1. The molecule has 2 saturated carbocycles. The summed E-state index contributed by atoms with van der Waals surface area (Å²) < 4.78 is 0. The van der Waals surface area contributed by atoms with Crippen molar-refractivity contribution in [3.05, 3.63) is 0 Å². The molecule has 4 atom stereocenters. The van der Waals surface area contributed by atoms with Gasteiger partial charge < -0.3 is 10.4 Å². The Bertz CT molecular complexity index is 233. The predicted molar refractivity (Wildman–Crippen MR) is 67.3 cm³/mol. The monoisotopic (exact) mass is 225 g/mol. The van der Waals surface area contributed by atoms with Crippen molar-refractivity contribution in [3.63, 3.8) is 0 Å². The highest BCUT2D eigenvalue weighted by Crippen LogP contribution is 2.42. The zero-order valence-electron chi connectivity index (χ0n) is 11.0. The molecule has 0 radical (unpaired) electrons. The molecule has 2 nitrogen and oxygen atoms in total. The van der Waals surface area contributed by atoms with Gasteiger partial charge in [-0.05, 0) is 70.6 Å². The summed E-state index contributed by atoms with van der Waals surface area (Å²) in [4.78, 5) is 0. The van der Waals surface area contributed by atoms with E-state index in [1.54, 1.807) is 0 Å². The van der Waals surface area contributed by atoms with Crippen LogP contribution in [0.3, 0.4) is 0 Å². The Morgan fingerprint density at radius 1 is 1.12 bits per heavy atom. The van der Waals surface area contributed by atoms with Crippen LogP contribution in [0.1, 0.15) is 52.9 Å². The molecule has 0 aliphatic heterocycles. The van der Waals surface area contributed by atoms with Crippen molar-refractivity contribution >= 4 is 0 Å². The molecule has 94 valence electrons. The van der Waals surface area contributed by atoms with E-state index < -0.39 is 0 Å². The van der Waals surface area contributed by atoms with Gasteiger partial charge in [-0.3, -0.25) is 0 Å². The van der Waals surface area contributed by atoms with Gasteiger partial charge in [0.1, 0.15) is 0 Å². The van der Waals surface area contributed by atoms with Gasteiger partial charge in [-0.25, -0.2) is 0 Å². The smallest absolute Gasteiger partial charge is 0.0459 e. The SMILES string of the molecule is CC(C)(C)NC1CCC2CC(CO)CC1C2. The zero-order chi connectivity index (χ0) is 11.8. The molecule has 2 aliphatic rings. The van der Waals surface area contributed by atoms with Gasteiger partial charge in [-0.15, -0.1) is 0 Å². The van der Waals surface area contributed by atoms with E-state index in [0.717, 1.165) is 11.8 Å². The topological polar surface area (TPSA) is 32.3 Å². The molecular formula is C14H27NO. The van der Waals surface area contributed by atoms with Crippen LogP contribution in [-0.4, -0.2) is 23.3 Å². The first-order valence-corrected chi connectivity index (χ1v) is 6.86. The number of hydrogen-bond acceptors (Lipinski definition) is 2. The molecule has 0 amide bonds. The number of hydrogen-bond donors (Lipinski definition) is 2. The summed E-state index contributed by atoms with van der Waals surface area (Å²) in [5.74, 6) is 2.28. The second kappa shape index (κ2) is 4.66. The Labute approximate surface area is 99.8 Å². The third-order valence-corrected chi connectivity index (χ3v) is 4.27. The van der Waals surface area contributed by atoms with Gasteiger partial charge in [0.25, 0.3) is 0 Å². The number of aliphatic hydroxyl groups excluding tert-OH is 1. The first-order chi connectivity index (χ1) is 7.48. The molecule has 2 rings (SSSR count). The fraction of sp³-hybridized carbons (Fsp3) is 1.00. The van der Waals surface area contributed by atoms with Gasteiger partial charge in [-0.2, -0.15) is 0 Å². The highest BCUT2D eigenvalue weighted by atomic mass is 16.3. The van der Waals surface area contributed by atoms with Crippen molar-refractivity contribution in [3.8, 4) is 0 Å². The molecule has 2 heteroatoms. The first-order valence-electron chi connectivity index (χ1n) is 6.86. The third-order valence-electron chi connectivity index (χ3n) is 4.27. The van der Waals surface area contributed by atoms with Crippen LogP contribution in [0.5, 0.6) is 0 Å². The van der Waals surface area contributed by atoms with Crippen LogP contribution in [0.4, 0.5) is 0 Å². The Kier molecular flexibility index (Phi) is 3.60. The van der Waals surface area contributed by atoms with Crippen molar-refractivity contribution in [2.75, 3.05) is 6.61 Å². The summed E-state index contributed by atoms with van der Waals surface area (Å²) >= 11 is 0. The van der Waals surface area contributed by atoms with Crippen LogP contribution in [0.25, 0.3) is 0 Å². The summed E-state index contributed by atoms with van der Waals surface area (Å²) in [6, 6.07) is 0.686. The van der Waals surface area contributed by atoms with Crippen LogP contribution in [-0.2, 0) is 0 Å². The maximum absolute atomic E-state index is 9.34. The van der Waals surface area contributed by atoms with E-state index in [4.69, 9.17) is 0 Å². The third kappa shape index (κ3) is 2.98. The standard InChI is InChI=1S/C14H27NO/c1-14(2,3)15-13-5-4-10-6-11(9-16)8-12(13)7-10/h10-13,15-16H,4-9H2,1-3H3. The van der Waals surface area contributed by atoms with E-state index in [-0.39, 0.29) is 5.54 Å². The average Bonchev–Trinajstić information content (AvgIpc) is 2.20. The molecule has 2 fully saturated rings. The van der Waals surface area contributed by atoms with E-state index in [1.807, 2.05) is 0 Å². The lowest BCUT2D eigenvalue weighted by molar-refractivity contribution is 0.0620. The largest absolute Gasteiger partial charge is 0.396 e. The Morgan fingerprint density at radius 2 is 1.88 bits per heavy atom. The van der Waals surface area contributed by atoms with Gasteiger partial charge in [0.05, 0.1) is 0 Å². The Balaban J connectivity index is 1.96. The van der Waals surface area contributed by atoms with Gasteiger partial charge in [-0.1, -0.05) is 0 Å². The van der Waals surface area contributed by atoms with Crippen LogP contribution in [0.15, 0.2) is 0 Å². The minimum Gasteiger partial charge on any atom is -0.396 e. The lowest BCUT2D eigenvalue weighted by Gasteiger charge is -2.45. The zero-order valence-corrected chi connectivity index (χ0v) is 11.0. The minimum atomic E-state index is 0.226. The quantitative estimate of drug-likeness (QED) is 0.757. The number of aliphatic hydroxyl groups is 1. The highest BCUT2D eigenvalue weighted by molar-refractivity contribution is 4.93. The summed E-state index contributed by atoms with van der Waals surface area (Å²) in [7, 11) is 0. The molecule has 4 unspecified atom stereocenters. The van der Waals surface area contributed by atoms with Gasteiger partial charge in [0.15, 0.2) is 0 Å². The molecule has 0 aromatic rings. The van der Waals surface area contributed by atoms with Gasteiger partial charge in [0.2, 0.25) is 0 Å². The molecule has 2 N–H and O–H groups in total. The van der Waals surface area contributed by atoms with Crippen molar-refractivity contribution in [1.82, 2.24) is 5.32 Å². The maximum Gasteiger partial charge on any atom is 0.0459 e. The van der Waals surface area contributed by atoms with E-state index in [1.165, 1.54) is 32.1 Å². The van der Waals surface area contributed by atoms with E-state index >= 15 is 0 Å². The van der Waals surface area contributed by atoms with Crippen molar-refractivity contribution in [2.24, 2.45) is 17.8 Å². The average molecular weight is 225 g/mol. The fourth-order valence-corrected chi connectivity index (χ4v) is 3.73. The molecule has 0 aromatic carbocycles. The maximum atomic E-state index is 9.34. The van der Waals surface area contributed by atoms with Crippen LogP contribution in [0.2, 0.25) is 0 Å². The first kappa shape index (κ1) is 12.4. The highest BCUT2D eigenvalue weighted by Gasteiger charge is 2.38. The van der Waals surface area contributed by atoms with Crippen molar-refractivity contribution < 1.29 is 5.11 Å². The fourth-order valence-electron chi connectivity index (χ4n) is 3.73. The number of fused-ring (bicyclic) bond motifs is 2. The van der Waals surface area contributed by atoms with Crippen molar-refractivity contribution in [1.29, 1.82) is 0 Å². The molecule has 2 bridgehead atoms. The van der Waals surface area contributed by atoms with E-state index in [0.29, 0.717) is 18.6 Å². The van der Waals surface area contributed by atoms with Crippen LogP contribution in [0, 0.1) is 17.8 Å². The normalized spacial score (nSPS) is 39.8. The second-order valence-corrected chi connectivity index (χ2v) is 6.96. The Hall–Kier alpha value is -0.0800. The summed E-state index contributed by atoms with van der Waals surface area (Å²) in [5.41, 5.74) is 0.226. The molecule has 0 saturated heterocycles. The van der Waals surface area contributed by atoms with Crippen molar-refractivity contribution in [2.45, 2.75) is 64.5 Å². The molecular weight excluding hydrogens is 198 g/mol. The van der Waals surface area contributed by atoms with Gasteiger partial charge >= 0.3 is 0 Å². The second-order valence-electron chi connectivity index (χ2n) is 6.96. The van der Waals surface area contributed by atoms with E-state index in [2.05, 4.69) is 26.1 Å². The van der Waals surface area contributed by atoms with Gasteiger partial charge in [0, 0.05) is 18.2 Å². The lowest BCUT2D eigenvalue weighted by atomic mass is 9.66. The number of nitrogens with one attached hydrogen (secondary N) is 1. The molecule has 0 aromatic heterocycles. The van der Waals surface area contributed by atoms with E-state index in [9.17, 15) is 5.11 Å². The molecule has 16 heavy (non-hydrogen) atoms.